The topological polar surface area (TPSA) is 17.1 Å². The average molecular weight is 220 g/mol. The minimum absolute atomic E-state index is 0. The molecule has 1 aromatic carbocycles. The quantitative estimate of drug-likeness (QED) is 0.400. The monoisotopic (exact) mass is 221 g/mol. The van der Waals surface area contributed by atoms with E-state index in [2.05, 4.69) is 6.07 Å². The second-order valence-electron chi connectivity index (χ2n) is 1.83. The van der Waals surface area contributed by atoms with Gasteiger partial charge in [-0.15, -0.1) is 35.9 Å². The van der Waals surface area contributed by atoms with Gasteiger partial charge in [-0.3, -0.25) is 0 Å². The van der Waals surface area contributed by atoms with Crippen LogP contribution in [0.2, 0.25) is 0 Å². The molecular formula is C8H7ORu. The van der Waals surface area contributed by atoms with Gasteiger partial charge in [-0.25, -0.2) is 0 Å². The third kappa shape index (κ3) is 2.40. The van der Waals surface area contributed by atoms with Crippen molar-refractivity contribution < 1.29 is 24.3 Å². The number of benzene rings is 1. The first kappa shape index (κ1) is 9.51. The van der Waals surface area contributed by atoms with E-state index in [1.165, 1.54) is 6.92 Å². The van der Waals surface area contributed by atoms with Crippen LogP contribution in [0.3, 0.4) is 0 Å². The minimum Gasteiger partial charge on any atom is -0.352 e. The van der Waals surface area contributed by atoms with Gasteiger partial charge < -0.3 is 4.79 Å². The first-order valence-electron chi connectivity index (χ1n) is 2.78. The van der Waals surface area contributed by atoms with Gasteiger partial charge in [0.25, 0.3) is 0 Å². The maximum atomic E-state index is 10.6. The summed E-state index contributed by atoms with van der Waals surface area (Å²) in [6.45, 7) is 1.53. The molecule has 0 heterocycles. The summed E-state index contributed by atoms with van der Waals surface area (Å²) in [6, 6.07) is 9.97. The second kappa shape index (κ2) is 4.35. The zero-order chi connectivity index (χ0) is 6.69. The summed E-state index contributed by atoms with van der Waals surface area (Å²) in [5.41, 5.74) is 0.650. The standard InChI is InChI=1S/C8H7O.Ru/c1-7(9)8-5-3-2-4-6-8;/h2-5H,1H3;/q-1;+1. The Morgan fingerprint density at radius 3 is 2.50 bits per heavy atom. The molecule has 0 aromatic heterocycles. The summed E-state index contributed by atoms with van der Waals surface area (Å²) in [7, 11) is 0. The molecular weight excluding hydrogens is 213 g/mol. The minimum atomic E-state index is 0. The van der Waals surface area contributed by atoms with Gasteiger partial charge in [0.05, 0.1) is 5.78 Å². The van der Waals surface area contributed by atoms with Crippen LogP contribution in [0.25, 0.3) is 0 Å². The molecule has 0 saturated heterocycles. The van der Waals surface area contributed by atoms with Crippen LogP contribution in [0, 0.1) is 6.07 Å². The van der Waals surface area contributed by atoms with E-state index in [1.54, 1.807) is 12.1 Å². The van der Waals surface area contributed by atoms with Gasteiger partial charge in [-0.1, -0.05) is 0 Å². The molecule has 1 aromatic rings. The summed E-state index contributed by atoms with van der Waals surface area (Å²) in [4.78, 5) is 10.6. The molecule has 53 valence electrons. The van der Waals surface area contributed by atoms with Gasteiger partial charge in [0, 0.05) is 0 Å². The molecule has 0 unspecified atom stereocenters. The van der Waals surface area contributed by atoms with Crippen molar-refractivity contribution in [2.24, 2.45) is 0 Å². The van der Waals surface area contributed by atoms with Crippen molar-refractivity contribution in [2.75, 3.05) is 0 Å². The number of Topliss-reactive ketones (excluding diaryl/α,β-unsaturated/α-hetero) is 1. The van der Waals surface area contributed by atoms with E-state index in [4.69, 9.17) is 0 Å². The van der Waals surface area contributed by atoms with Crippen LogP contribution in [0.1, 0.15) is 17.3 Å². The molecule has 0 aliphatic carbocycles. The zero-order valence-corrected chi connectivity index (χ0v) is 7.31. The van der Waals surface area contributed by atoms with Gasteiger partial charge in [0.2, 0.25) is 0 Å². The molecule has 1 nitrogen and oxygen atoms in total. The number of rotatable bonds is 1. The second-order valence-corrected chi connectivity index (χ2v) is 1.83. The summed E-state index contributed by atoms with van der Waals surface area (Å²) in [5.74, 6) is 0.0654. The summed E-state index contributed by atoms with van der Waals surface area (Å²) < 4.78 is 0. The van der Waals surface area contributed by atoms with Crippen molar-refractivity contribution in [1.29, 1.82) is 0 Å². The molecule has 1 radical (unpaired) electrons. The molecule has 1 rings (SSSR count). The van der Waals surface area contributed by atoms with Gasteiger partial charge in [0.15, 0.2) is 0 Å². The van der Waals surface area contributed by atoms with Crippen LogP contribution in [0.5, 0.6) is 0 Å². The van der Waals surface area contributed by atoms with Gasteiger partial charge in [0.1, 0.15) is 0 Å². The fourth-order valence-electron chi connectivity index (χ4n) is 0.612. The van der Waals surface area contributed by atoms with Crippen molar-refractivity contribution in [3.05, 3.63) is 35.9 Å². The van der Waals surface area contributed by atoms with Crippen LogP contribution in [-0.2, 0) is 19.5 Å². The Morgan fingerprint density at radius 1 is 1.50 bits per heavy atom. The Hall–Kier alpha value is -0.487. The molecule has 0 N–H and O–H groups in total. The number of hydrogen-bond acceptors (Lipinski definition) is 1. The van der Waals surface area contributed by atoms with Crippen LogP contribution >= 0.6 is 0 Å². The summed E-state index contributed by atoms with van der Waals surface area (Å²) >= 11 is 0. The zero-order valence-electron chi connectivity index (χ0n) is 5.57. The molecule has 0 aliphatic heterocycles. The molecule has 2 heteroatoms. The van der Waals surface area contributed by atoms with Crippen molar-refractivity contribution in [3.63, 3.8) is 0 Å². The van der Waals surface area contributed by atoms with Crippen LogP contribution in [0.4, 0.5) is 0 Å². The molecule has 0 spiro atoms. The van der Waals surface area contributed by atoms with Crippen molar-refractivity contribution in [3.8, 4) is 0 Å². The molecule has 0 bridgehead atoms. The van der Waals surface area contributed by atoms with Gasteiger partial charge >= 0.3 is 19.5 Å². The predicted octanol–water partition coefficient (Wildman–Crippen LogP) is 1.69. The Labute approximate surface area is 73.2 Å². The molecule has 0 fully saturated rings. The van der Waals surface area contributed by atoms with Crippen LogP contribution in [-0.4, -0.2) is 5.78 Å². The Balaban J connectivity index is 0.000000810. The fourth-order valence-corrected chi connectivity index (χ4v) is 0.612. The van der Waals surface area contributed by atoms with E-state index in [0.717, 1.165) is 0 Å². The maximum Gasteiger partial charge on any atom is 1.00 e. The Bertz CT molecular complexity index is 206. The van der Waals surface area contributed by atoms with E-state index >= 15 is 0 Å². The van der Waals surface area contributed by atoms with E-state index in [-0.39, 0.29) is 25.3 Å². The van der Waals surface area contributed by atoms with Crippen molar-refractivity contribution in [1.82, 2.24) is 0 Å². The Kier molecular flexibility index (Phi) is 4.14. The van der Waals surface area contributed by atoms with E-state index in [0.29, 0.717) is 5.56 Å². The van der Waals surface area contributed by atoms with E-state index in [1.807, 2.05) is 12.1 Å². The first-order chi connectivity index (χ1) is 4.30. The number of ketones is 1. The SMILES string of the molecule is CC(=O)c1[c-]cccc1.[Ru+]. The van der Waals surface area contributed by atoms with E-state index < -0.39 is 0 Å². The maximum absolute atomic E-state index is 10.6. The molecule has 0 saturated carbocycles. The van der Waals surface area contributed by atoms with Gasteiger partial charge in [-0.05, 0) is 6.92 Å². The summed E-state index contributed by atoms with van der Waals surface area (Å²) in [6.07, 6.45) is 0. The number of hydrogen-bond donors (Lipinski definition) is 0. The molecule has 0 atom stereocenters. The number of carbonyl (C=O) groups is 1. The van der Waals surface area contributed by atoms with Crippen molar-refractivity contribution in [2.45, 2.75) is 6.92 Å². The molecule has 10 heavy (non-hydrogen) atoms. The van der Waals surface area contributed by atoms with Gasteiger partial charge in [-0.2, -0.15) is 0 Å². The third-order valence-electron chi connectivity index (χ3n) is 1.09. The largest absolute Gasteiger partial charge is 1.00 e. The van der Waals surface area contributed by atoms with Crippen LogP contribution < -0.4 is 0 Å². The Morgan fingerprint density at radius 2 is 2.20 bits per heavy atom. The number of carbonyl (C=O) groups excluding carboxylic acids is 1. The van der Waals surface area contributed by atoms with Crippen molar-refractivity contribution >= 4 is 5.78 Å². The smallest absolute Gasteiger partial charge is 0.352 e. The third-order valence-corrected chi connectivity index (χ3v) is 1.09. The normalized spacial score (nSPS) is 8.10. The van der Waals surface area contributed by atoms with E-state index in [9.17, 15) is 4.79 Å². The first-order valence-corrected chi connectivity index (χ1v) is 2.78. The summed E-state index contributed by atoms with van der Waals surface area (Å²) in [5, 5.41) is 0. The van der Waals surface area contributed by atoms with Crippen LogP contribution in [0.15, 0.2) is 24.3 Å². The predicted molar refractivity (Wildman–Crippen MR) is 35.3 cm³/mol. The molecule has 0 aliphatic rings. The fraction of sp³-hybridized carbons (Fsp3) is 0.125. The molecule has 0 amide bonds. The average Bonchev–Trinajstić information content (AvgIpc) is 1.90.